The molecule has 0 amide bonds. The lowest BCUT2D eigenvalue weighted by molar-refractivity contribution is 0.290. The molecule has 3 nitrogen and oxygen atoms in total. The van der Waals surface area contributed by atoms with E-state index in [-0.39, 0.29) is 17.8 Å². The zero-order chi connectivity index (χ0) is 13.8. The summed E-state index contributed by atoms with van der Waals surface area (Å²) in [4.78, 5) is 0. The lowest BCUT2D eigenvalue weighted by atomic mass is 9.80. The van der Waals surface area contributed by atoms with Crippen molar-refractivity contribution < 1.29 is 19.2 Å². The second-order valence-corrected chi connectivity index (χ2v) is 4.42. The first-order valence-corrected chi connectivity index (χ1v) is 5.97. The van der Waals surface area contributed by atoms with Crippen LogP contribution in [0.2, 0.25) is 5.02 Å². The third-order valence-electron chi connectivity index (χ3n) is 2.54. The van der Waals surface area contributed by atoms with Crippen molar-refractivity contribution in [2.24, 2.45) is 0 Å². The SMILES string of the molecule is OB(O)c1ccc(F)c(OCc2cccc(Cl)c2)c1. The van der Waals surface area contributed by atoms with E-state index in [0.29, 0.717) is 5.02 Å². The molecular formula is C13H11BClFO3. The van der Waals surface area contributed by atoms with Gasteiger partial charge in [-0.3, -0.25) is 0 Å². The van der Waals surface area contributed by atoms with E-state index in [9.17, 15) is 4.39 Å². The summed E-state index contributed by atoms with van der Waals surface area (Å²) in [5.41, 5.74) is 0.962. The molecular weight excluding hydrogens is 269 g/mol. The molecule has 0 aliphatic carbocycles. The average Bonchev–Trinajstić information content (AvgIpc) is 2.37. The highest BCUT2D eigenvalue weighted by Gasteiger charge is 2.14. The van der Waals surface area contributed by atoms with Crippen molar-refractivity contribution in [1.82, 2.24) is 0 Å². The van der Waals surface area contributed by atoms with E-state index in [1.165, 1.54) is 12.1 Å². The summed E-state index contributed by atoms with van der Waals surface area (Å²) in [6.45, 7) is 0.141. The third-order valence-corrected chi connectivity index (χ3v) is 2.77. The predicted octanol–water partition coefficient (Wildman–Crippen LogP) is 1.74. The second-order valence-electron chi connectivity index (χ2n) is 3.98. The maximum Gasteiger partial charge on any atom is 0.488 e. The summed E-state index contributed by atoms with van der Waals surface area (Å²) in [7, 11) is -1.66. The molecule has 0 aliphatic heterocycles. The van der Waals surface area contributed by atoms with Gasteiger partial charge in [0.1, 0.15) is 6.61 Å². The largest absolute Gasteiger partial charge is 0.488 e. The highest BCUT2D eigenvalue weighted by atomic mass is 35.5. The summed E-state index contributed by atoms with van der Waals surface area (Å²) >= 11 is 5.83. The first-order chi connectivity index (χ1) is 9.06. The fourth-order valence-electron chi connectivity index (χ4n) is 1.58. The molecule has 6 heteroatoms. The molecule has 2 N–H and O–H groups in total. The zero-order valence-corrected chi connectivity index (χ0v) is 10.6. The molecule has 2 rings (SSSR count). The van der Waals surface area contributed by atoms with Gasteiger partial charge in [0.15, 0.2) is 11.6 Å². The third kappa shape index (κ3) is 3.70. The first-order valence-electron chi connectivity index (χ1n) is 5.59. The Morgan fingerprint density at radius 1 is 1.16 bits per heavy atom. The van der Waals surface area contributed by atoms with Crippen LogP contribution >= 0.6 is 11.6 Å². The van der Waals surface area contributed by atoms with Crippen LogP contribution < -0.4 is 10.2 Å². The average molecular weight is 280 g/mol. The number of benzene rings is 2. The normalized spacial score (nSPS) is 10.3. The van der Waals surface area contributed by atoms with Crippen LogP contribution in [0.15, 0.2) is 42.5 Å². The lowest BCUT2D eigenvalue weighted by Crippen LogP contribution is -2.29. The summed E-state index contributed by atoms with van der Waals surface area (Å²) in [5.74, 6) is -0.600. The van der Waals surface area contributed by atoms with Gasteiger partial charge in [-0.2, -0.15) is 0 Å². The fraction of sp³-hybridized carbons (Fsp3) is 0.0769. The zero-order valence-electron chi connectivity index (χ0n) is 9.88. The Balaban J connectivity index is 2.12. The van der Waals surface area contributed by atoms with E-state index in [1.807, 2.05) is 0 Å². The van der Waals surface area contributed by atoms with Crippen LogP contribution in [-0.4, -0.2) is 17.2 Å². The first kappa shape index (κ1) is 13.9. The van der Waals surface area contributed by atoms with Gasteiger partial charge in [-0.1, -0.05) is 29.8 Å². The highest BCUT2D eigenvalue weighted by molar-refractivity contribution is 6.58. The number of halogens is 2. The second kappa shape index (κ2) is 6.06. The molecule has 0 atom stereocenters. The van der Waals surface area contributed by atoms with Gasteiger partial charge in [-0.05, 0) is 35.3 Å². The number of hydrogen-bond donors (Lipinski definition) is 2. The molecule has 0 bridgehead atoms. The maximum atomic E-state index is 13.5. The predicted molar refractivity (Wildman–Crippen MR) is 72.0 cm³/mol. The van der Waals surface area contributed by atoms with Gasteiger partial charge >= 0.3 is 7.12 Å². The van der Waals surface area contributed by atoms with Crippen LogP contribution in [0.1, 0.15) is 5.56 Å². The molecule has 98 valence electrons. The fourth-order valence-corrected chi connectivity index (χ4v) is 1.79. The molecule has 0 heterocycles. The van der Waals surface area contributed by atoms with Crippen LogP contribution in [0, 0.1) is 5.82 Å². The van der Waals surface area contributed by atoms with E-state index in [0.717, 1.165) is 11.6 Å². The smallest absolute Gasteiger partial charge is 0.486 e. The summed E-state index contributed by atoms with van der Waals surface area (Å²) in [5, 5.41) is 18.6. The molecule has 19 heavy (non-hydrogen) atoms. The molecule has 2 aromatic carbocycles. The Hall–Kier alpha value is -1.56. The van der Waals surface area contributed by atoms with Crippen LogP contribution in [0.25, 0.3) is 0 Å². The van der Waals surface area contributed by atoms with Crippen LogP contribution in [0.3, 0.4) is 0 Å². The van der Waals surface area contributed by atoms with E-state index < -0.39 is 12.9 Å². The van der Waals surface area contributed by atoms with Crippen molar-refractivity contribution in [3.63, 3.8) is 0 Å². The Labute approximate surface area is 115 Å². The van der Waals surface area contributed by atoms with Crippen molar-refractivity contribution >= 4 is 24.2 Å². The molecule has 2 aromatic rings. The molecule has 0 fully saturated rings. The molecule has 0 spiro atoms. The number of rotatable bonds is 4. The van der Waals surface area contributed by atoms with E-state index in [2.05, 4.69) is 0 Å². The number of ether oxygens (including phenoxy) is 1. The molecule has 0 radical (unpaired) electrons. The van der Waals surface area contributed by atoms with Crippen molar-refractivity contribution in [3.8, 4) is 5.75 Å². The molecule has 0 saturated carbocycles. The summed E-state index contributed by atoms with van der Waals surface area (Å²) < 4.78 is 18.8. The number of hydrogen-bond acceptors (Lipinski definition) is 3. The Morgan fingerprint density at radius 2 is 1.95 bits per heavy atom. The van der Waals surface area contributed by atoms with E-state index >= 15 is 0 Å². The van der Waals surface area contributed by atoms with Crippen molar-refractivity contribution in [2.45, 2.75) is 6.61 Å². The van der Waals surface area contributed by atoms with Crippen molar-refractivity contribution in [2.75, 3.05) is 0 Å². The van der Waals surface area contributed by atoms with Gasteiger partial charge in [0, 0.05) is 5.02 Å². The van der Waals surface area contributed by atoms with Crippen LogP contribution in [-0.2, 0) is 6.61 Å². The summed E-state index contributed by atoms with van der Waals surface area (Å²) in [6, 6.07) is 10.7. The maximum absolute atomic E-state index is 13.5. The van der Waals surface area contributed by atoms with Crippen molar-refractivity contribution in [3.05, 3.63) is 58.9 Å². The molecule has 0 aromatic heterocycles. The van der Waals surface area contributed by atoms with Gasteiger partial charge in [0.25, 0.3) is 0 Å². The lowest BCUT2D eigenvalue weighted by Gasteiger charge is -2.09. The monoisotopic (exact) mass is 280 g/mol. The minimum atomic E-state index is -1.66. The Kier molecular flexibility index (Phi) is 4.42. The molecule has 0 saturated heterocycles. The van der Waals surface area contributed by atoms with E-state index in [4.69, 9.17) is 26.4 Å². The van der Waals surface area contributed by atoms with Gasteiger partial charge in [-0.15, -0.1) is 0 Å². The topological polar surface area (TPSA) is 49.7 Å². The molecule has 0 unspecified atom stereocenters. The van der Waals surface area contributed by atoms with Crippen LogP contribution in [0.5, 0.6) is 5.75 Å². The quantitative estimate of drug-likeness (QED) is 0.839. The van der Waals surface area contributed by atoms with Gasteiger partial charge < -0.3 is 14.8 Å². The minimum absolute atomic E-state index is 0.0365. The van der Waals surface area contributed by atoms with Gasteiger partial charge in [0.05, 0.1) is 0 Å². The molecule has 0 aliphatic rings. The minimum Gasteiger partial charge on any atom is -0.486 e. The van der Waals surface area contributed by atoms with Crippen molar-refractivity contribution in [1.29, 1.82) is 0 Å². The van der Waals surface area contributed by atoms with Crippen LogP contribution in [0.4, 0.5) is 4.39 Å². The Bertz CT molecular complexity index is 578. The van der Waals surface area contributed by atoms with E-state index in [1.54, 1.807) is 24.3 Å². The van der Waals surface area contributed by atoms with Gasteiger partial charge in [-0.25, -0.2) is 4.39 Å². The summed E-state index contributed by atoms with van der Waals surface area (Å²) in [6.07, 6.45) is 0. The Morgan fingerprint density at radius 3 is 2.63 bits per heavy atom. The van der Waals surface area contributed by atoms with Gasteiger partial charge in [0.2, 0.25) is 0 Å². The standard InChI is InChI=1S/C13H11BClFO3/c15-11-3-1-2-9(6-11)8-19-13-7-10(14(17)18)4-5-12(13)16/h1-7,17-18H,8H2. The highest BCUT2D eigenvalue weighted by Crippen LogP contribution is 2.18.